The van der Waals surface area contributed by atoms with Crippen molar-refractivity contribution in [1.82, 2.24) is 25.5 Å². The summed E-state index contributed by atoms with van der Waals surface area (Å²) < 4.78 is 0. The average Bonchev–Trinajstić information content (AvgIpc) is 3.49. The van der Waals surface area contributed by atoms with Gasteiger partial charge in [-0.15, -0.1) is 0 Å². The third-order valence-electron chi connectivity index (χ3n) is 6.20. The number of carbonyl (C=O) groups excluding carboxylic acids is 3. The molecule has 4 rings (SSSR count). The van der Waals surface area contributed by atoms with E-state index in [-0.39, 0.29) is 29.8 Å². The molecule has 8 heteroatoms. The summed E-state index contributed by atoms with van der Waals surface area (Å²) in [5.41, 5.74) is 1.01. The van der Waals surface area contributed by atoms with Crippen LogP contribution in [0.1, 0.15) is 65.8 Å². The zero-order chi connectivity index (χ0) is 22.0. The molecule has 1 aromatic carbocycles. The Morgan fingerprint density at radius 3 is 2.19 bits per heavy atom. The third-order valence-corrected chi connectivity index (χ3v) is 6.20. The van der Waals surface area contributed by atoms with E-state index in [4.69, 9.17) is 0 Å². The van der Waals surface area contributed by atoms with Crippen LogP contribution in [-0.2, 0) is 11.3 Å². The molecule has 8 nitrogen and oxygen atoms in total. The van der Waals surface area contributed by atoms with Gasteiger partial charge in [0, 0.05) is 36.6 Å². The predicted molar refractivity (Wildman–Crippen MR) is 114 cm³/mol. The van der Waals surface area contributed by atoms with E-state index in [9.17, 15) is 14.4 Å². The fourth-order valence-corrected chi connectivity index (χ4v) is 4.10. The summed E-state index contributed by atoms with van der Waals surface area (Å²) in [5, 5.41) is 5.70. The molecule has 0 spiro atoms. The second-order valence-electron chi connectivity index (χ2n) is 8.53. The summed E-state index contributed by atoms with van der Waals surface area (Å²) in [6, 6.07) is 7.86. The fraction of sp³-hybridized carbons (Fsp3) is 0.435. The van der Waals surface area contributed by atoms with Crippen LogP contribution in [0.4, 0.5) is 0 Å². The number of amides is 3. The van der Waals surface area contributed by atoms with Crippen LogP contribution in [0.25, 0.3) is 0 Å². The Kier molecular flexibility index (Phi) is 5.71. The molecule has 2 unspecified atom stereocenters. The molecule has 2 aromatic rings. The Hall–Kier alpha value is -3.29. The molecule has 1 saturated heterocycles. The van der Waals surface area contributed by atoms with Gasteiger partial charge in [0.25, 0.3) is 11.8 Å². The Morgan fingerprint density at radius 1 is 1.00 bits per heavy atom. The molecule has 2 atom stereocenters. The second-order valence-corrected chi connectivity index (χ2v) is 8.53. The zero-order valence-corrected chi connectivity index (χ0v) is 17.8. The van der Waals surface area contributed by atoms with E-state index in [0.717, 1.165) is 18.4 Å². The highest BCUT2D eigenvalue weighted by atomic mass is 16.2. The Morgan fingerprint density at radius 2 is 1.61 bits per heavy atom. The maximum absolute atomic E-state index is 12.8. The molecule has 2 N–H and O–H groups in total. The minimum atomic E-state index is -0.870. The van der Waals surface area contributed by atoms with E-state index in [2.05, 4.69) is 34.4 Å². The SMILES string of the molecule is CC1CCC(C)N1C(=O)c1ccc(CNC(=O)C2(NC(=O)c3cncnc3)CC2)cc1. The lowest BCUT2D eigenvalue weighted by Crippen LogP contribution is -2.48. The summed E-state index contributed by atoms with van der Waals surface area (Å²) in [6.07, 6.45) is 7.45. The summed E-state index contributed by atoms with van der Waals surface area (Å²) >= 11 is 0. The molecular formula is C23H27N5O3. The number of aromatic nitrogens is 2. The Labute approximate surface area is 181 Å². The van der Waals surface area contributed by atoms with Crippen molar-refractivity contribution in [2.24, 2.45) is 0 Å². The zero-order valence-electron chi connectivity index (χ0n) is 17.8. The van der Waals surface area contributed by atoms with E-state index < -0.39 is 5.54 Å². The fourth-order valence-electron chi connectivity index (χ4n) is 4.10. The third kappa shape index (κ3) is 4.42. The summed E-state index contributed by atoms with van der Waals surface area (Å²) in [4.78, 5) is 47.4. The lowest BCUT2D eigenvalue weighted by Gasteiger charge is -2.26. The molecule has 1 aromatic heterocycles. The van der Waals surface area contributed by atoms with Gasteiger partial charge >= 0.3 is 0 Å². The van der Waals surface area contributed by atoms with Crippen molar-refractivity contribution in [3.8, 4) is 0 Å². The second kappa shape index (κ2) is 8.45. The van der Waals surface area contributed by atoms with Gasteiger partial charge in [0.05, 0.1) is 5.56 Å². The topological polar surface area (TPSA) is 104 Å². The van der Waals surface area contributed by atoms with Crippen molar-refractivity contribution in [3.05, 3.63) is 59.7 Å². The monoisotopic (exact) mass is 421 g/mol. The first-order valence-electron chi connectivity index (χ1n) is 10.7. The van der Waals surface area contributed by atoms with E-state index in [0.29, 0.717) is 30.5 Å². The first-order chi connectivity index (χ1) is 14.9. The van der Waals surface area contributed by atoms with Gasteiger partial charge in [0.2, 0.25) is 5.91 Å². The smallest absolute Gasteiger partial charge is 0.255 e. The lowest BCUT2D eigenvalue weighted by molar-refractivity contribution is -0.124. The van der Waals surface area contributed by atoms with Gasteiger partial charge in [-0.2, -0.15) is 0 Å². The van der Waals surface area contributed by atoms with Crippen molar-refractivity contribution in [2.45, 2.75) is 63.7 Å². The van der Waals surface area contributed by atoms with Crippen LogP contribution < -0.4 is 10.6 Å². The Bertz CT molecular complexity index is 962. The molecule has 0 bridgehead atoms. The maximum Gasteiger partial charge on any atom is 0.255 e. The predicted octanol–water partition coefficient (Wildman–Crippen LogP) is 2.07. The molecule has 31 heavy (non-hydrogen) atoms. The molecular weight excluding hydrogens is 394 g/mol. The van der Waals surface area contributed by atoms with Crippen molar-refractivity contribution >= 4 is 17.7 Å². The van der Waals surface area contributed by atoms with E-state index in [1.165, 1.54) is 18.7 Å². The maximum atomic E-state index is 12.8. The highest BCUT2D eigenvalue weighted by Crippen LogP contribution is 2.36. The summed E-state index contributed by atoms with van der Waals surface area (Å²) in [7, 11) is 0. The average molecular weight is 422 g/mol. The molecule has 2 aliphatic rings. The number of nitrogens with one attached hydrogen (secondary N) is 2. The van der Waals surface area contributed by atoms with Gasteiger partial charge in [0.15, 0.2) is 0 Å². The van der Waals surface area contributed by atoms with E-state index in [1.54, 1.807) is 0 Å². The first-order valence-corrected chi connectivity index (χ1v) is 10.7. The molecule has 1 aliphatic carbocycles. The number of benzene rings is 1. The van der Waals surface area contributed by atoms with Crippen LogP contribution in [0, 0.1) is 0 Å². The minimum Gasteiger partial charge on any atom is -0.350 e. The molecule has 2 heterocycles. The van der Waals surface area contributed by atoms with Crippen LogP contribution in [-0.4, -0.2) is 50.2 Å². The number of rotatable bonds is 6. The van der Waals surface area contributed by atoms with Gasteiger partial charge in [0.1, 0.15) is 11.9 Å². The van der Waals surface area contributed by atoms with Crippen molar-refractivity contribution in [1.29, 1.82) is 0 Å². The van der Waals surface area contributed by atoms with Crippen molar-refractivity contribution < 1.29 is 14.4 Å². The molecule has 1 saturated carbocycles. The van der Waals surface area contributed by atoms with Crippen LogP contribution >= 0.6 is 0 Å². The van der Waals surface area contributed by atoms with Gasteiger partial charge in [-0.25, -0.2) is 9.97 Å². The van der Waals surface area contributed by atoms with Crippen LogP contribution in [0.5, 0.6) is 0 Å². The molecule has 3 amide bonds. The van der Waals surface area contributed by atoms with Gasteiger partial charge < -0.3 is 15.5 Å². The summed E-state index contributed by atoms with van der Waals surface area (Å²) in [6.45, 7) is 4.50. The number of carbonyl (C=O) groups is 3. The number of nitrogens with zero attached hydrogens (tertiary/aromatic N) is 3. The Balaban J connectivity index is 1.32. The molecule has 1 aliphatic heterocycles. The molecule has 2 fully saturated rings. The quantitative estimate of drug-likeness (QED) is 0.743. The highest BCUT2D eigenvalue weighted by Gasteiger charge is 2.51. The minimum absolute atomic E-state index is 0.0534. The number of hydrogen-bond acceptors (Lipinski definition) is 5. The highest BCUT2D eigenvalue weighted by molar-refractivity contribution is 6.00. The molecule has 162 valence electrons. The van der Waals surface area contributed by atoms with Gasteiger partial charge in [-0.3, -0.25) is 14.4 Å². The molecule has 0 radical (unpaired) electrons. The largest absolute Gasteiger partial charge is 0.350 e. The first kappa shape index (κ1) is 21.0. The number of likely N-dealkylation sites (tertiary alicyclic amines) is 1. The summed E-state index contributed by atoms with van der Waals surface area (Å²) in [5.74, 6) is -0.517. The van der Waals surface area contributed by atoms with Gasteiger partial charge in [-0.1, -0.05) is 12.1 Å². The normalized spacial score (nSPS) is 21.4. The van der Waals surface area contributed by atoms with Crippen LogP contribution in [0.15, 0.2) is 43.0 Å². The van der Waals surface area contributed by atoms with E-state index in [1.807, 2.05) is 29.2 Å². The van der Waals surface area contributed by atoms with Crippen LogP contribution in [0.2, 0.25) is 0 Å². The van der Waals surface area contributed by atoms with Gasteiger partial charge in [-0.05, 0) is 57.2 Å². The van der Waals surface area contributed by atoms with Crippen LogP contribution in [0.3, 0.4) is 0 Å². The lowest BCUT2D eigenvalue weighted by atomic mass is 10.1. The van der Waals surface area contributed by atoms with Crippen molar-refractivity contribution in [2.75, 3.05) is 0 Å². The standard InChI is InChI=1S/C23H27N5O3/c1-15-3-4-16(2)28(15)21(30)18-7-5-17(6-8-18)11-26-22(31)23(9-10-23)27-20(29)19-12-24-14-25-13-19/h5-8,12-16H,3-4,9-11H2,1-2H3,(H,26,31)(H,27,29). The van der Waals surface area contributed by atoms with E-state index >= 15 is 0 Å². The van der Waals surface area contributed by atoms with Crippen molar-refractivity contribution in [3.63, 3.8) is 0 Å². The number of hydrogen-bond donors (Lipinski definition) is 2.